The Labute approximate surface area is 163 Å². The van der Waals surface area contributed by atoms with E-state index < -0.39 is 35.3 Å². The number of carbonyl (C=O) groups excluding carboxylic acids is 3. The van der Waals surface area contributed by atoms with Gasteiger partial charge in [-0.3, -0.25) is 9.59 Å². The van der Waals surface area contributed by atoms with E-state index in [2.05, 4.69) is 6.58 Å². The average Bonchev–Trinajstić information content (AvgIpc) is 2.53. The third-order valence-corrected chi connectivity index (χ3v) is 5.70. The monoisotopic (exact) mass is 484 g/mol. The van der Waals surface area contributed by atoms with Crippen LogP contribution < -0.4 is 0 Å². The van der Waals surface area contributed by atoms with Crippen LogP contribution in [0.1, 0.15) is 33.6 Å². The van der Waals surface area contributed by atoms with Gasteiger partial charge in [0.2, 0.25) is 0 Å². The van der Waals surface area contributed by atoms with Gasteiger partial charge >= 0.3 is 17.9 Å². The molecule has 0 saturated carbocycles. The van der Waals surface area contributed by atoms with Crippen LogP contribution in [-0.4, -0.2) is 57.2 Å². The van der Waals surface area contributed by atoms with Crippen molar-refractivity contribution in [3.05, 3.63) is 12.2 Å². The minimum absolute atomic E-state index is 0.0872. The topological polar surface area (TPSA) is 88.1 Å². The van der Waals surface area contributed by atoms with E-state index in [1.807, 2.05) is 29.0 Å². The van der Waals surface area contributed by atoms with Crippen LogP contribution in [0.15, 0.2) is 12.2 Å². The molecule has 140 valence electrons. The number of ether oxygens (including phenoxy) is 4. The molecular formula is C15H23BIO7P. The fourth-order valence-corrected chi connectivity index (χ4v) is 3.32. The summed E-state index contributed by atoms with van der Waals surface area (Å²) >= 11 is 1.90. The van der Waals surface area contributed by atoms with Gasteiger partial charge in [-0.05, 0) is 20.3 Å². The number of hydrogen-bond acceptors (Lipinski definition) is 7. The van der Waals surface area contributed by atoms with E-state index in [-0.39, 0.29) is 25.2 Å². The lowest BCUT2D eigenvalue weighted by Crippen LogP contribution is -2.29. The predicted octanol–water partition coefficient (Wildman–Crippen LogP) is 2.64. The summed E-state index contributed by atoms with van der Waals surface area (Å²) in [6, 6.07) is 0. The van der Waals surface area contributed by atoms with Gasteiger partial charge in [-0.2, -0.15) is 0 Å². The predicted molar refractivity (Wildman–Crippen MR) is 104 cm³/mol. The lowest BCUT2D eigenvalue weighted by molar-refractivity contribution is -0.175. The van der Waals surface area contributed by atoms with Crippen molar-refractivity contribution in [2.24, 2.45) is 0 Å². The van der Waals surface area contributed by atoms with E-state index in [9.17, 15) is 14.4 Å². The molecule has 2 radical (unpaired) electrons. The molecule has 0 aromatic heterocycles. The molecule has 3 unspecified atom stereocenters. The van der Waals surface area contributed by atoms with Gasteiger partial charge in [-0.25, -0.2) is 4.79 Å². The molecule has 0 aliphatic heterocycles. The Bertz CT molecular complexity index is 473. The fourth-order valence-electron chi connectivity index (χ4n) is 1.46. The first-order valence-electron chi connectivity index (χ1n) is 7.69. The molecule has 10 heteroatoms. The molecule has 0 amide bonds. The largest absolute Gasteiger partial charge is 0.462 e. The van der Waals surface area contributed by atoms with E-state index in [4.69, 9.17) is 26.5 Å². The lowest BCUT2D eigenvalue weighted by Gasteiger charge is -2.21. The van der Waals surface area contributed by atoms with E-state index in [0.717, 1.165) is 6.42 Å². The Hall–Kier alpha value is -0.665. The summed E-state index contributed by atoms with van der Waals surface area (Å²) in [5.41, 5.74) is -1.82. The third-order valence-electron chi connectivity index (χ3n) is 2.70. The second kappa shape index (κ2) is 13.5. The van der Waals surface area contributed by atoms with Crippen molar-refractivity contribution in [1.82, 2.24) is 0 Å². The lowest BCUT2D eigenvalue weighted by atomic mass is 10.3. The van der Waals surface area contributed by atoms with E-state index in [0.29, 0.717) is 6.61 Å². The van der Waals surface area contributed by atoms with E-state index in [1.165, 1.54) is 6.92 Å². The molecule has 0 aromatic carbocycles. The Morgan fingerprint density at radius 1 is 1.20 bits per heavy atom. The quantitative estimate of drug-likeness (QED) is 0.0616. The molecule has 0 aliphatic carbocycles. The molecular weight excluding hydrogens is 461 g/mol. The molecule has 0 heterocycles. The van der Waals surface area contributed by atoms with Crippen LogP contribution in [0.5, 0.6) is 0 Å². The number of carbonyl (C=O) groups is 3. The Balaban J connectivity index is 4.32. The van der Waals surface area contributed by atoms with Crippen molar-refractivity contribution in [3.8, 4) is 0 Å². The molecule has 25 heavy (non-hydrogen) atoms. The van der Waals surface area contributed by atoms with Gasteiger partial charge in [0.15, 0.2) is 6.29 Å². The molecule has 0 rings (SSSR count). The van der Waals surface area contributed by atoms with Crippen LogP contribution in [0.2, 0.25) is 0 Å². The fraction of sp³-hybridized carbons (Fsp3) is 0.667. The van der Waals surface area contributed by atoms with Gasteiger partial charge in [-0.15, -0.1) is 0 Å². The first kappa shape index (κ1) is 24.3. The molecule has 0 spiro atoms. The van der Waals surface area contributed by atoms with Gasteiger partial charge in [0.1, 0.15) is 20.8 Å². The van der Waals surface area contributed by atoms with Crippen LogP contribution in [0.25, 0.3) is 0 Å². The number of halogens is 1. The van der Waals surface area contributed by atoms with Crippen LogP contribution in [0, 0.1) is 0 Å². The average molecular weight is 484 g/mol. The van der Waals surface area contributed by atoms with Crippen molar-refractivity contribution < 1.29 is 33.3 Å². The maximum Gasteiger partial charge on any atom is 0.333 e. The van der Waals surface area contributed by atoms with Crippen molar-refractivity contribution in [2.45, 2.75) is 45.6 Å². The number of rotatable bonds is 12. The maximum absolute atomic E-state index is 12.1. The van der Waals surface area contributed by atoms with Gasteiger partial charge < -0.3 is 18.9 Å². The molecule has 0 fully saturated rings. The molecule has 0 N–H and O–H groups in total. The molecule has 3 atom stereocenters. The molecule has 0 aliphatic rings. The highest BCUT2D eigenvalue weighted by Crippen LogP contribution is 2.47. The standard InChI is InChI=1S/C15H23BIO7P/c1-5-6-21-11(4)24-15(20)12(25(16)17)9-13(18)22-7-8-23-14(19)10(2)3/h11-12H,2,5-9H2,1,3-4H3. The highest BCUT2D eigenvalue weighted by molar-refractivity contribution is 14.2. The minimum Gasteiger partial charge on any atom is -0.462 e. The summed E-state index contributed by atoms with van der Waals surface area (Å²) in [6.07, 6.45) is -0.124. The van der Waals surface area contributed by atoms with Crippen molar-refractivity contribution in [2.75, 3.05) is 19.8 Å². The molecule has 0 bridgehead atoms. The highest BCUT2D eigenvalue weighted by atomic mass is 127. The minimum atomic E-state index is -1.27. The first-order valence-corrected chi connectivity index (χ1v) is 12.0. The smallest absolute Gasteiger partial charge is 0.333 e. The summed E-state index contributed by atoms with van der Waals surface area (Å²) in [6.45, 7) is 8.75. The Morgan fingerprint density at radius 2 is 1.80 bits per heavy atom. The second-order valence-electron chi connectivity index (χ2n) is 5.08. The normalized spacial score (nSPS) is 14.1. The zero-order valence-electron chi connectivity index (χ0n) is 14.7. The first-order chi connectivity index (χ1) is 11.7. The Kier molecular flexibility index (Phi) is 13.2. The summed E-state index contributed by atoms with van der Waals surface area (Å²) in [7, 11) is 5.81. The Morgan fingerprint density at radius 3 is 2.32 bits per heavy atom. The summed E-state index contributed by atoms with van der Waals surface area (Å²) in [5.74, 6) is -1.78. The van der Waals surface area contributed by atoms with Crippen molar-refractivity contribution in [1.29, 1.82) is 0 Å². The molecule has 0 aromatic rings. The van der Waals surface area contributed by atoms with Crippen LogP contribution in [0.4, 0.5) is 0 Å². The summed E-state index contributed by atoms with van der Waals surface area (Å²) in [5, 5.41) is 0. The van der Waals surface area contributed by atoms with E-state index >= 15 is 0 Å². The van der Waals surface area contributed by atoms with Crippen LogP contribution in [-0.2, 0) is 33.3 Å². The SMILES string of the molecule is [B]P(I)C(CC(=O)OCCOC(=O)C(=C)C)C(=O)OC(C)OCCC. The zero-order valence-corrected chi connectivity index (χ0v) is 17.7. The third kappa shape index (κ3) is 11.5. The van der Waals surface area contributed by atoms with Crippen molar-refractivity contribution in [3.63, 3.8) is 0 Å². The molecule has 7 nitrogen and oxygen atoms in total. The van der Waals surface area contributed by atoms with Gasteiger partial charge in [0, 0.05) is 5.57 Å². The van der Waals surface area contributed by atoms with Gasteiger partial charge in [0.05, 0.1) is 18.7 Å². The number of hydrogen-bond donors (Lipinski definition) is 0. The molecule has 0 saturated heterocycles. The van der Waals surface area contributed by atoms with E-state index in [1.54, 1.807) is 6.92 Å². The zero-order chi connectivity index (χ0) is 19.4. The van der Waals surface area contributed by atoms with Gasteiger partial charge in [0.25, 0.3) is 0 Å². The summed E-state index contributed by atoms with van der Waals surface area (Å²) in [4.78, 5) is 35.1. The highest BCUT2D eigenvalue weighted by Gasteiger charge is 2.29. The number of esters is 3. The van der Waals surface area contributed by atoms with Crippen molar-refractivity contribution >= 4 is 53.0 Å². The maximum atomic E-state index is 12.1. The van der Waals surface area contributed by atoms with Gasteiger partial charge in [-0.1, -0.05) is 41.0 Å². The van der Waals surface area contributed by atoms with Crippen LogP contribution in [0.3, 0.4) is 0 Å². The van der Waals surface area contributed by atoms with Crippen LogP contribution >= 0.6 is 27.5 Å². The second-order valence-corrected chi connectivity index (χ2v) is 9.73. The summed E-state index contributed by atoms with van der Waals surface area (Å²) < 4.78 is 20.1.